The highest BCUT2D eigenvalue weighted by atomic mass is 14.6. The van der Waals surface area contributed by atoms with E-state index in [1.807, 2.05) is 0 Å². The van der Waals surface area contributed by atoms with Crippen LogP contribution in [0.2, 0.25) is 0 Å². The SMILES string of the molecule is C1=C[C@H]2C[C@@]23CC=CC3=C[CH-]1. The number of hydrogen-bond donors (Lipinski definition) is 0. The van der Waals surface area contributed by atoms with Crippen LogP contribution in [-0.2, 0) is 0 Å². The van der Waals surface area contributed by atoms with Gasteiger partial charge in [0.15, 0.2) is 0 Å². The van der Waals surface area contributed by atoms with Gasteiger partial charge in [-0.05, 0) is 6.42 Å². The molecule has 0 aromatic heterocycles. The second kappa shape index (κ2) is 1.63. The quantitative estimate of drug-likeness (QED) is 0.457. The molecule has 0 unspecified atom stereocenters. The van der Waals surface area contributed by atoms with E-state index in [-0.39, 0.29) is 0 Å². The Balaban J connectivity index is 2.09. The molecule has 1 spiro atoms. The Hall–Kier alpha value is -0.910. The second-order valence-electron chi connectivity index (χ2n) is 3.77. The van der Waals surface area contributed by atoms with E-state index in [1.165, 1.54) is 12.8 Å². The highest BCUT2D eigenvalue weighted by molar-refractivity contribution is 5.46. The Morgan fingerprint density at radius 3 is 3.55 bits per heavy atom. The van der Waals surface area contributed by atoms with Gasteiger partial charge in [0.1, 0.15) is 0 Å². The summed E-state index contributed by atoms with van der Waals surface area (Å²) in [7, 11) is 0. The van der Waals surface area contributed by atoms with Crippen LogP contribution >= 0.6 is 0 Å². The van der Waals surface area contributed by atoms with E-state index in [1.54, 1.807) is 5.57 Å². The van der Waals surface area contributed by atoms with Crippen molar-refractivity contribution >= 4 is 0 Å². The van der Waals surface area contributed by atoms with Crippen molar-refractivity contribution in [2.45, 2.75) is 12.8 Å². The fourth-order valence-electron chi connectivity index (χ4n) is 2.41. The predicted molar refractivity (Wildman–Crippen MR) is 45.8 cm³/mol. The molecular weight excluding hydrogens is 132 g/mol. The molecule has 0 N–H and O–H groups in total. The van der Waals surface area contributed by atoms with Crippen molar-refractivity contribution in [2.24, 2.45) is 11.3 Å². The van der Waals surface area contributed by atoms with Gasteiger partial charge < -0.3 is 0 Å². The first-order chi connectivity index (χ1) is 5.42. The molecular formula is C11H11-. The summed E-state index contributed by atoms with van der Waals surface area (Å²) in [5.74, 6) is 0.850. The molecule has 2 atom stereocenters. The van der Waals surface area contributed by atoms with Gasteiger partial charge >= 0.3 is 0 Å². The third-order valence-corrected chi connectivity index (χ3v) is 3.22. The van der Waals surface area contributed by atoms with E-state index < -0.39 is 0 Å². The summed E-state index contributed by atoms with van der Waals surface area (Å²) < 4.78 is 0. The topological polar surface area (TPSA) is 0 Å². The van der Waals surface area contributed by atoms with Crippen LogP contribution in [0.3, 0.4) is 0 Å². The van der Waals surface area contributed by atoms with Gasteiger partial charge in [-0.25, -0.2) is 0 Å². The van der Waals surface area contributed by atoms with E-state index in [0.717, 1.165) is 5.92 Å². The third-order valence-electron chi connectivity index (χ3n) is 3.22. The maximum atomic E-state index is 2.36. The summed E-state index contributed by atoms with van der Waals surface area (Å²) in [5, 5.41) is 0. The zero-order chi connectivity index (χ0) is 7.31. The first kappa shape index (κ1) is 5.70. The Kier molecular flexibility index (Phi) is 0.846. The lowest BCUT2D eigenvalue weighted by molar-refractivity contribution is 0.623. The Bertz CT molecular complexity index is 280. The minimum Gasteiger partial charge on any atom is -0.176 e. The van der Waals surface area contributed by atoms with Crippen molar-refractivity contribution in [1.82, 2.24) is 0 Å². The largest absolute Gasteiger partial charge is 0.176 e. The molecule has 3 rings (SSSR count). The zero-order valence-electron chi connectivity index (χ0n) is 6.46. The van der Waals surface area contributed by atoms with Gasteiger partial charge in [0.25, 0.3) is 0 Å². The highest BCUT2D eigenvalue weighted by Crippen LogP contribution is 2.64. The van der Waals surface area contributed by atoms with Crippen molar-refractivity contribution in [3.63, 3.8) is 0 Å². The molecule has 0 heterocycles. The van der Waals surface area contributed by atoms with Crippen molar-refractivity contribution in [3.05, 3.63) is 42.4 Å². The summed E-state index contributed by atoms with van der Waals surface area (Å²) in [5.41, 5.74) is 2.14. The van der Waals surface area contributed by atoms with Crippen LogP contribution in [0.15, 0.2) is 36.0 Å². The normalized spacial score (nSPS) is 43.6. The molecule has 1 saturated carbocycles. The molecule has 0 amide bonds. The molecule has 0 aromatic carbocycles. The van der Waals surface area contributed by atoms with E-state index in [4.69, 9.17) is 0 Å². The Morgan fingerprint density at radius 2 is 2.55 bits per heavy atom. The summed E-state index contributed by atoms with van der Waals surface area (Å²) in [4.78, 5) is 0. The molecule has 0 heteroatoms. The lowest BCUT2D eigenvalue weighted by Gasteiger charge is -2.14. The van der Waals surface area contributed by atoms with Gasteiger partial charge in [-0.15, -0.1) is 11.6 Å². The van der Waals surface area contributed by atoms with Crippen molar-refractivity contribution < 1.29 is 0 Å². The Morgan fingerprint density at radius 1 is 1.55 bits per heavy atom. The molecule has 0 radical (unpaired) electrons. The van der Waals surface area contributed by atoms with Gasteiger partial charge in [0, 0.05) is 0 Å². The van der Waals surface area contributed by atoms with Crippen LogP contribution in [0.4, 0.5) is 0 Å². The molecule has 0 aromatic rings. The first-order valence-corrected chi connectivity index (χ1v) is 4.31. The van der Waals surface area contributed by atoms with Crippen LogP contribution in [0, 0.1) is 17.8 Å². The van der Waals surface area contributed by atoms with Gasteiger partial charge in [0.05, 0.1) is 0 Å². The van der Waals surface area contributed by atoms with Crippen LogP contribution in [-0.4, -0.2) is 0 Å². The van der Waals surface area contributed by atoms with Gasteiger partial charge in [-0.2, -0.15) is 24.6 Å². The average Bonchev–Trinajstić information content (AvgIpc) is 2.58. The third kappa shape index (κ3) is 0.579. The molecule has 0 aliphatic heterocycles. The lowest BCUT2D eigenvalue weighted by atomic mass is 9.96. The summed E-state index contributed by atoms with van der Waals surface area (Å²) in [6.45, 7) is 0. The van der Waals surface area contributed by atoms with Crippen LogP contribution in [0.5, 0.6) is 0 Å². The molecule has 11 heavy (non-hydrogen) atoms. The van der Waals surface area contributed by atoms with Crippen molar-refractivity contribution in [3.8, 4) is 0 Å². The smallest absolute Gasteiger partial charge is 0.0370 e. The average molecular weight is 143 g/mol. The van der Waals surface area contributed by atoms with E-state index in [9.17, 15) is 0 Å². The fourth-order valence-corrected chi connectivity index (χ4v) is 2.41. The monoisotopic (exact) mass is 143 g/mol. The summed E-state index contributed by atoms with van der Waals surface area (Å²) in [6, 6.07) is 0. The van der Waals surface area contributed by atoms with Gasteiger partial charge in [-0.3, -0.25) is 0 Å². The predicted octanol–water partition coefficient (Wildman–Crippen LogP) is 2.65. The van der Waals surface area contributed by atoms with E-state index in [0.29, 0.717) is 5.41 Å². The molecule has 1 fully saturated rings. The van der Waals surface area contributed by atoms with Gasteiger partial charge in [0.2, 0.25) is 0 Å². The molecule has 56 valence electrons. The molecule has 0 saturated heterocycles. The molecule has 3 aliphatic rings. The Labute approximate surface area is 67.3 Å². The van der Waals surface area contributed by atoms with Crippen LogP contribution < -0.4 is 0 Å². The first-order valence-electron chi connectivity index (χ1n) is 4.31. The van der Waals surface area contributed by atoms with E-state index in [2.05, 4.69) is 36.8 Å². The second-order valence-corrected chi connectivity index (χ2v) is 3.77. The standard InChI is InChI=1S/C11H11/c1-2-5-10-8-11(10)7-3-6-9(11)4-1/h1-6,10H,7-8H2/q-1/t10-,11+/m0/s1. The maximum Gasteiger partial charge on any atom is -0.0370 e. The number of allylic oxidation sites excluding steroid dienone is 6. The summed E-state index contributed by atoms with van der Waals surface area (Å²) in [6.07, 6.45) is 16.3. The fraction of sp³-hybridized carbons (Fsp3) is 0.364. The van der Waals surface area contributed by atoms with Gasteiger partial charge in [-0.1, -0.05) is 23.8 Å². The minimum atomic E-state index is 0.573. The van der Waals surface area contributed by atoms with Crippen LogP contribution in [0.1, 0.15) is 12.8 Å². The number of hydrogen-bond acceptors (Lipinski definition) is 0. The lowest BCUT2D eigenvalue weighted by Crippen LogP contribution is -1.98. The maximum absolute atomic E-state index is 2.36. The highest BCUT2D eigenvalue weighted by Gasteiger charge is 2.50. The number of rotatable bonds is 0. The van der Waals surface area contributed by atoms with Crippen molar-refractivity contribution in [2.75, 3.05) is 0 Å². The summed E-state index contributed by atoms with van der Waals surface area (Å²) >= 11 is 0. The molecule has 3 aliphatic carbocycles. The molecule has 0 bridgehead atoms. The minimum absolute atomic E-state index is 0.573. The van der Waals surface area contributed by atoms with Crippen molar-refractivity contribution in [1.29, 1.82) is 0 Å². The molecule has 0 nitrogen and oxygen atoms in total. The van der Waals surface area contributed by atoms with E-state index >= 15 is 0 Å². The van der Waals surface area contributed by atoms with Crippen LogP contribution in [0.25, 0.3) is 0 Å². The zero-order valence-corrected chi connectivity index (χ0v) is 6.46.